The molecule has 10 heteroatoms. The van der Waals surface area contributed by atoms with Gasteiger partial charge in [-0.15, -0.1) is 0 Å². The molecule has 0 unspecified atom stereocenters. The summed E-state index contributed by atoms with van der Waals surface area (Å²) in [7, 11) is -0.686. The number of aromatic nitrogens is 2. The van der Waals surface area contributed by atoms with Crippen LogP contribution >= 0.6 is 11.3 Å². The van der Waals surface area contributed by atoms with Crippen molar-refractivity contribution in [1.82, 2.24) is 14.1 Å². The third-order valence-electron chi connectivity index (χ3n) is 6.35. The highest BCUT2D eigenvalue weighted by atomic mass is 32.2. The Balaban J connectivity index is 1.75. The molecule has 0 saturated heterocycles. The molecule has 0 atom stereocenters. The first-order valence-corrected chi connectivity index (χ1v) is 13.3. The molecular formula is C23H31N3O5S2. The Labute approximate surface area is 198 Å². The molecular weight excluding hydrogens is 462 g/mol. The molecule has 0 bridgehead atoms. The molecule has 3 aromatic rings. The van der Waals surface area contributed by atoms with E-state index in [1.54, 1.807) is 30.6 Å². The largest absolute Gasteiger partial charge is 0.495 e. The van der Waals surface area contributed by atoms with Crippen molar-refractivity contribution in [3.05, 3.63) is 35.0 Å². The van der Waals surface area contributed by atoms with Crippen LogP contribution < -0.4 is 9.46 Å². The minimum absolute atomic E-state index is 0.0932. The second-order valence-corrected chi connectivity index (χ2v) is 11.7. The summed E-state index contributed by atoms with van der Waals surface area (Å²) >= 11 is 1.55. The van der Waals surface area contributed by atoms with E-state index in [4.69, 9.17) is 14.5 Å². The van der Waals surface area contributed by atoms with Crippen LogP contribution in [0.1, 0.15) is 50.1 Å². The standard InChI is InChI=1S/C23H31N3O5S2/c1-14-21(26-13-20(23(2,3)31-5)32-22(26)24-14)15-6-11-18(30-4)19(12-15)33(28,29)25-16-7-9-17(27)10-8-16/h6,11-13,16-17,25,27H,7-10H2,1-5H3. The van der Waals surface area contributed by atoms with Crippen LogP contribution in [0.15, 0.2) is 29.3 Å². The lowest BCUT2D eigenvalue weighted by molar-refractivity contribution is 0.0222. The van der Waals surface area contributed by atoms with E-state index < -0.39 is 15.6 Å². The van der Waals surface area contributed by atoms with Gasteiger partial charge in [0.25, 0.3) is 0 Å². The van der Waals surface area contributed by atoms with E-state index in [0.717, 1.165) is 26.8 Å². The van der Waals surface area contributed by atoms with Gasteiger partial charge in [0.15, 0.2) is 4.96 Å². The van der Waals surface area contributed by atoms with Crippen LogP contribution in [0.25, 0.3) is 16.2 Å². The lowest BCUT2D eigenvalue weighted by Crippen LogP contribution is -2.38. The van der Waals surface area contributed by atoms with E-state index in [9.17, 15) is 13.5 Å². The van der Waals surface area contributed by atoms with E-state index in [2.05, 4.69) is 4.72 Å². The zero-order valence-electron chi connectivity index (χ0n) is 19.6. The van der Waals surface area contributed by atoms with Crippen molar-refractivity contribution in [3.8, 4) is 17.0 Å². The number of methoxy groups -OCH3 is 2. The number of hydrogen-bond acceptors (Lipinski definition) is 7. The number of nitrogens with one attached hydrogen (secondary N) is 1. The van der Waals surface area contributed by atoms with Crippen LogP contribution in [0.2, 0.25) is 0 Å². The number of imidazole rings is 1. The molecule has 2 heterocycles. The molecule has 33 heavy (non-hydrogen) atoms. The van der Waals surface area contributed by atoms with Gasteiger partial charge in [-0.1, -0.05) is 11.3 Å². The van der Waals surface area contributed by atoms with Gasteiger partial charge in [0.1, 0.15) is 10.6 Å². The molecule has 1 saturated carbocycles. The smallest absolute Gasteiger partial charge is 0.244 e. The monoisotopic (exact) mass is 493 g/mol. The summed E-state index contributed by atoms with van der Waals surface area (Å²) in [5.41, 5.74) is 1.92. The summed E-state index contributed by atoms with van der Waals surface area (Å²) in [5.74, 6) is 0.284. The number of thiazole rings is 1. The molecule has 2 N–H and O–H groups in total. The molecule has 0 radical (unpaired) electrons. The molecule has 2 aromatic heterocycles. The maximum absolute atomic E-state index is 13.3. The van der Waals surface area contributed by atoms with Gasteiger partial charge < -0.3 is 14.6 Å². The van der Waals surface area contributed by atoms with Gasteiger partial charge in [-0.05, 0) is 64.7 Å². The predicted octanol–water partition coefficient (Wildman–Crippen LogP) is 3.84. The number of aliphatic hydroxyl groups is 1. The summed E-state index contributed by atoms with van der Waals surface area (Å²) in [4.78, 5) is 6.64. The second kappa shape index (κ2) is 8.99. The summed E-state index contributed by atoms with van der Waals surface area (Å²) in [5, 5.41) is 9.73. The molecule has 180 valence electrons. The van der Waals surface area contributed by atoms with Crippen molar-refractivity contribution in [3.63, 3.8) is 0 Å². The Hall–Kier alpha value is -1.98. The molecule has 1 aliphatic carbocycles. The van der Waals surface area contributed by atoms with Gasteiger partial charge in [-0.3, -0.25) is 4.40 Å². The van der Waals surface area contributed by atoms with Crippen molar-refractivity contribution in [2.45, 2.75) is 69.1 Å². The number of hydrogen-bond donors (Lipinski definition) is 2. The molecule has 1 aliphatic rings. The molecule has 8 nitrogen and oxygen atoms in total. The Kier molecular flexibility index (Phi) is 6.58. The number of sulfonamides is 1. The van der Waals surface area contributed by atoms with Gasteiger partial charge in [-0.2, -0.15) is 0 Å². The Morgan fingerprint density at radius 1 is 1.21 bits per heavy atom. The van der Waals surface area contributed by atoms with Gasteiger partial charge in [0.2, 0.25) is 10.0 Å². The number of nitrogens with zero attached hydrogens (tertiary/aromatic N) is 2. The molecule has 0 spiro atoms. The summed E-state index contributed by atoms with van der Waals surface area (Å²) in [6.07, 6.45) is 4.05. The van der Waals surface area contributed by atoms with Crippen LogP contribution in [0, 0.1) is 6.92 Å². The number of fused-ring (bicyclic) bond motifs is 1. The molecule has 0 aliphatic heterocycles. The third-order valence-corrected chi connectivity index (χ3v) is 9.18. The lowest BCUT2D eigenvalue weighted by atomic mass is 9.94. The minimum atomic E-state index is -3.83. The molecule has 1 fully saturated rings. The average molecular weight is 494 g/mol. The summed E-state index contributed by atoms with van der Waals surface area (Å²) < 4.78 is 42.4. The Bertz CT molecular complexity index is 1250. The topological polar surface area (TPSA) is 102 Å². The number of ether oxygens (including phenoxy) is 2. The normalized spacial score (nSPS) is 19.8. The van der Waals surface area contributed by atoms with Crippen LogP contribution in [0.3, 0.4) is 0 Å². The zero-order chi connectivity index (χ0) is 24.0. The zero-order valence-corrected chi connectivity index (χ0v) is 21.2. The first-order chi connectivity index (χ1) is 15.6. The van der Waals surface area contributed by atoms with E-state index in [0.29, 0.717) is 25.7 Å². The highest BCUT2D eigenvalue weighted by Crippen LogP contribution is 2.37. The number of rotatable bonds is 7. The fraction of sp³-hybridized carbons (Fsp3) is 0.522. The van der Waals surface area contributed by atoms with E-state index in [1.807, 2.05) is 37.4 Å². The van der Waals surface area contributed by atoms with Crippen molar-refractivity contribution in [2.75, 3.05) is 14.2 Å². The predicted molar refractivity (Wildman–Crippen MR) is 128 cm³/mol. The highest BCUT2D eigenvalue weighted by molar-refractivity contribution is 7.89. The van der Waals surface area contributed by atoms with Gasteiger partial charge in [0.05, 0.1) is 35.1 Å². The number of aryl methyl sites for hydroxylation is 1. The fourth-order valence-corrected chi connectivity index (χ4v) is 6.80. The van der Waals surface area contributed by atoms with Crippen LogP contribution in [-0.2, 0) is 20.4 Å². The molecule has 1 aromatic carbocycles. The van der Waals surface area contributed by atoms with Gasteiger partial charge in [-0.25, -0.2) is 18.1 Å². The first kappa shape index (κ1) is 24.2. The van der Waals surface area contributed by atoms with E-state index >= 15 is 0 Å². The van der Waals surface area contributed by atoms with Crippen molar-refractivity contribution >= 4 is 26.3 Å². The SMILES string of the molecule is COc1ccc(-c2c(C)nc3sc(C(C)(C)OC)cn23)cc1S(=O)(=O)NC1CCC(O)CC1. The van der Waals surface area contributed by atoms with Crippen LogP contribution in [-0.4, -0.2) is 49.3 Å². The van der Waals surface area contributed by atoms with Crippen molar-refractivity contribution < 1.29 is 23.0 Å². The highest BCUT2D eigenvalue weighted by Gasteiger charge is 2.29. The number of benzene rings is 1. The first-order valence-electron chi connectivity index (χ1n) is 11.0. The fourth-order valence-electron chi connectivity index (χ4n) is 4.19. The van der Waals surface area contributed by atoms with Gasteiger partial charge >= 0.3 is 0 Å². The van der Waals surface area contributed by atoms with E-state index in [-0.39, 0.29) is 22.8 Å². The van der Waals surface area contributed by atoms with Crippen LogP contribution in [0.4, 0.5) is 0 Å². The molecule has 4 rings (SSSR count). The Morgan fingerprint density at radius 2 is 1.91 bits per heavy atom. The van der Waals surface area contributed by atoms with E-state index in [1.165, 1.54) is 7.11 Å². The maximum Gasteiger partial charge on any atom is 0.244 e. The Morgan fingerprint density at radius 3 is 2.55 bits per heavy atom. The lowest BCUT2D eigenvalue weighted by Gasteiger charge is -2.26. The summed E-state index contributed by atoms with van der Waals surface area (Å²) in [6, 6.07) is 4.98. The third kappa shape index (κ3) is 4.67. The van der Waals surface area contributed by atoms with Gasteiger partial charge in [0, 0.05) is 24.9 Å². The second-order valence-electron chi connectivity index (χ2n) is 9.00. The van der Waals surface area contributed by atoms with Crippen molar-refractivity contribution in [1.29, 1.82) is 0 Å². The number of aliphatic hydroxyl groups excluding tert-OH is 1. The van der Waals surface area contributed by atoms with Crippen LogP contribution in [0.5, 0.6) is 5.75 Å². The average Bonchev–Trinajstić information content (AvgIpc) is 3.32. The summed E-state index contributed by atoms with van der Waals surface area (Å²) in [6.45, 7) is 5.91. The molecule has 0 amide bonds. The maximum atomic E-state index is 13.3. The van der Waals surface area contributed by atoms with Crippen molar-refractivity contribution in [2.24, 2.45) is 0 Å². The quantitative estimate of drug-likeness (QED) is 0.518. The minimum Gasteiger partial charge on any atom is -0.495 e.